The molecule has 10 radical (unpaired) electrons. The molecule has 0 fully saturated rings. The zero-order valence-electron chi connectivity index (χ0n) is 3.74. The molecule has 1 nitrogen and oxygen atoms in total. The van der Waals surface area contributed by atoms with Crippen LogP contribution in [0.3, 0.4) is 0 Å². The van der Waals surface area contributed by atoms with Crippen LogP contribution in [0.25, 0.3) is 0 Å². The summed E-state index contributed by atoms with van der Waals surface area (Å²) in [4.78, 5) is 7.50. The van der Waals surface area contributed by atoms with E-state index in [4.69, 9.17) is 4.79 Å². The topological polar surface area (TPSA) is 17.1 Å². The molecule has 5 heteroatoms. The monoisotopic (exact) mass is 188 g/mol. The Morgan fingerprint density at radius 2 is 0.667 bits per heavy atom. The predicted molar refractivity (Wildman–Crippen MR) is 28.7 cm³/mol. The summed E-state index contributed by atoms with van der Waals surface area (Å²) in [6.45, 7) is 4.50. The van der Waals surface area contributed by atoms with Crippen LogP contribution in [0, 0.1) is 0 Å². The molecule has 0 aliphatic rings. The van der Waals surface area contributed by atoms with Crippen LogP contribution in [0.5, 0.6) is 0 Å². The Hall–Kier alpha value is 4.71. The van der Waals surface area contributed by atoms with Gasteiger partial charge in [0.05, 0.1) is 0 Å². The third-order valence-electron chi connectivity index (χ3n) is 0. The van der Waals surface area contributed by atoms with Crippen LogP contribution in [-0.4, -0.2) is 158 Å². The quantitative estimate of drug-likeness (QED) is 0.405. The molecule has 0 atom stereocenters. The maximum Gasteiger partial charge on any atom is 0.281 e. The Morgan fingerprint density at radius 3 is 0.667 bits per heavy atom. The molecule has 0 aliphatic heterocycles. The summed E-state index contributed by atoms with van der Waals surface area (Å²) in [5.74, 6) is 0. The van der Waals surface area contributed by atoms with Crippen LogP contribution in [0.2, 0.25) is 0 Å². The molecule has 0 spiro atoms. The van der Waals surface area contributed by atoms with E-state index in [9.17, 15) is 0 Å². The van der Waals surface area contributed by atoms with Crippen LogP contribution in [0.1, 0.15) is 0 Å². The molecule has 6 heavy (non-hydrogen) atoms. The molecule has 0 heterocycles. The van der Waals surface area contributed by atoms with Gasteiger partial charge in [-0.2, -0.15) is 0 Å². The molecule has 0 rings (SSSR count). The van der Waals surface area contributed by atoms with Gasteiger partial charge in [-0.25, -0.2) is 0 Å². The van der Waals surface area contributed by atoms with E-state index in [-0.39, 0.29) is 151 Å². The van der Waals surface area contributed by atoms with Crippen molar-refractivity contribution < 1.29 is 4.79 Å². The van der Waals surface area contributed by atoms with Crippen molar-refractivity contribution in [3.63, 3.8) is 0 Å². The van der Waals surface area contributed by atoms with Gasteiger partial charge in [-0.05, 0) is 0 Å². The van der Waals surface area contributed by atoms with Gasteiger partial charge in [0, 0.05) is 151 Å². The van der Waals surface area contributed by atoms with E-state index in [1.807, 2.05) is 0 Å². The molecule has 0 bridgehead atoms. The molecule has 0 saturated carbocycles. The molecule has 0 unspecified atom stereocenters. The number of carbonyl (C=O) groups excluding carboxylic acids is 1. The second-order valence-corrected chi connectivity index (χ2v) is 0. The van der Waals surface area contributed by atoms with Gasteiger partial charge in [-0.3, -0.25) is 4.79 Å². The van der Waals surface area contributed by atoms with E-state index in [1.54, 1.807) is 0 Å². The standard InChI is InChI=1S/CO.4Ca/c1-2;;;;. The predicted octanol–water partition coefficient (Wildman–Crippen LogP) is -1.92. The molecule has 0 aromatic heterocycles. The molecule has 0 N–H and O–H groups in total. The minimum atomic E-state index is 0. The average molecular weight is 188 g/mol. The van der Waals surface area contributed by atoms with Gasteiger partial charge in [-0.1, -0.05) is 0 Å². The third-order valence-corrected chi connectivity index (χ3v) is 0. The minimum absolute atomic E-state index is 0. The second kappa shape index (κ2) is 33.2. The van der Waals surface area contributed by atoms with Gasteiger partial charge >= 0.3 is 0 Å². The number of hydrogen-bond donors (Lipinski definition) is 0. The first-order valence-electron chi connectivity index (χ1n) is 0.204. The fourth-order valence-corrected chi connectivity index (χ4v) is 0. The van der Waals surface area contributed by atoms with Crippen molar-refractivity contribution in [2.24, 2.45) is 0 Å². The fraction of sp³-hybridized carbons (Fsp3) is 0. The van der Waals surface area contributed by atoms with Crippen LogP contribution < -0.4 is 0 Å². The van der Waals surface area contributed by atoms with Gasteiger partial charge < -0.3 is 0 Å². The molecular formula is CCa4O. The van der Waals surface area contributed by atoms with Gasteiger partial charge in [0.25, 0.3) is 6.79 Å². The maximum atomic E-state index is 7.50. The molecule has 0 amide bonds. The van der Waals surface area contributed by atoms with E-state index < -0.39 is 0 Å². The summed E-state index contributed by atoms with van der Waals surface area (Å²) in [5, 5.41) is 0. The SMILES string of the molecule is [C]=O.[Ca].[Ca].[Ca].[Ca]. The van der Waals surface area contributed by atoms with Gasteiger partial charge in [0.1, 0.15) is 0 Å². The van der Waals surface area contributed by atoms with Crippen LogP contribution >= 0.6 is 0 Å². The zero-order chi connectivity index (χ0) is 2.00. The molecule has 0 saturated heterocycles. The summed E-state index contributed by atoms with van der Waals surface area (Å²) in [6.07, 6.45) is 0. The molecular weight excluding hydrogens is 188 g/mol. The van der Waals surface area contributed by atoms with Gasteiger partial charge in [0.15, 0.2) is 0 Å². The summed E-state index contributed by atoms with van der Waals surface area (Å²) in [5.41, 5.74) is 0. The fourth-order valence-electron chi connectivity index (χ4n) is 0. The van der Waals surface area contributed by atoms with Crippen LogP contribution in [-0.2, 0) is 4.79 Å². The first kappa shape index (κ1) is 31.0. The van der Waals surface area contributed by atoms with E-state index in [2.05, 4.69) is 6.79 Å². The Morgan fingerprint density at radius 1 is 0.667 bits per heavy atom. The summed E-state index contributed by atoms with van der Waals surface area (Å²) in [7, 11) is 0. The van der Waals surface area contributed by atoms with Gasteiger partial charge in [-0.15, -0.1) is 0 Å². The first-order chi connectivity index (χ1) is 1.00. The van der Waals surface area contributed by atoms with E-state index in [1.165, 1.54) is 0 Å². The van der Waals surface area contributed by atoms with Crippen molar-refractivity contribution in [2.45, 2.75) is 0 Å². The van der Waals surface area contributed by atoms with Crippen LogP contribution in [0.15, 0.2) is 0 Å². The van der Waals surface area contributed by atoms with Crippen molar-refractivity contribution in [1.29, 1.82) is 0 Å². The summed E-state index contributed by atoms with van der Waals surface area (Å²) >= 11 is 0. The molecule has 0 aliphatic carbocycles. The zero-order valence-corrected chi connectivity index (χ0v) is 12.6. The Balaban J connectivity index is -0.000000000833. The normalized spacial score (nSPS) is 0.667. The van der Waals surface area contributed by atoms with E-state index in [0.717, 1.165) is 0 Å². The maximum absolute atomic E-state index is 7.50. The second-order valence-electron chi connectivity index (χ2n) is 0. The van der Waals surface area contributed by atoms with Gasteiger partial charge in [0.2, 0.25) is 0 Å². The van der Waals surface area contributed by atoms with Crippen molar-refractivity contribution in [3.05, 3.63) is 0 Å². The van der Waals surface area contributed by atoms with Crippen molar-refractivity contribution in [1.82, 2.24) is 0 Å². The van der Waals surface area contributed by atoms with E-state index >= 15 is 0 Å². The van der Waals surface area contributed by atoms with Crippen molar-refractivity contribution >= 4 is 158 Å². The van der Waals surface area contributed by atoms with Crippen LogP contribution in [0.4, 0.5) is 0 Å². The minimum Gasteiger partial charge on any atom is -0.281 e. The Kier molecular flexibility index (Phi) is 171. The largest absolute Gasteiger partial charge is 0.281 e. The average Bonchev–Trinajstić information content (AvgIpc) is 1.00. The van der Waals surface area contributed by atoms with Crippen molar-refractivity contribution in [3.8, 4) is 0 Å². The smallest absolute Gasteiger partial charge is 0.281 e. The summed E-state index contributed by atoms with van der Waals surface area (Å²) in [6, 6.07) is 0. The molecule has 18 valence electrons. The molecule has 0 aromatic carbocycles. The van der Waals surface area contributed by atoms with Crippen molar-refractivity contribution in [2.75, 3.05) is 0 Å². The third kappa shape index (κ3) is 23.3. The Bertz CT molecular complexity index is 7.51. The molecule has 0 aromatic rings. The number of hydrogen-bond acceptors (Lipinski definition) is 1. The first-order valence-corrected chi connectivity index (χ1v) is 0.204. The summed E-state index contributed by atoms with van der Waals surface area (Å²) < 4.78 is 0. The Labute approximate surface area is 157 Å². The number of rotatable bonds is 0. The van der Waals surface area contributed by atoms with E-state index in [0.29, 0.717) is 0 Å².